The van der Waals surface area contributed by atoms with Gasteiger partial charge in [-0.1, -0.05) is 12.1 Å². The lowest BCUT2D eigenvalue weighted by Gasteiger charge is -2.23. The van der Waals surface area contributed by atoms with Gasteiger partial charge in [0.15, 0.2) is 0 Å². The van der Waals surface area contributed by atoms with Crippen LogP contribution < -0.4 is 15.4 Å². The van der Waals surface area contributed by atoms with Crippen molar-refractivity contribution in [1.29, 1.82) is 0 Å². The van der Waals surface area contributed by atoms with Gasteiger partial charge in [-0.25, -0.2) is 4.98 Å². The first-order chi connectivity index (χ1) is 12.7. The predicted octanol–water partition coefficient (Wildman–Crippen LogP) is 2.55. The number of hydrogen-bond donors (Lipinski definition) is 2. The van der Waals surface area contributed by atoms with Gasteiger partial charge in [0.1, 0.15) is 6.61 Å². The maximum absolute atomic E-state index is 12.3. The van der Waals surface area contributed by atoms with Gasteiger partial charge < -0.3 is 20.1 Å². The van der Waals surface area contributed by atoms with Crippen LogP contribution in [0.1, 0.15) is 6.42 Å². The van der Waals surface area contributed by atoms with E-state index in [1.165, 1.54) is 18.0 Å². The van der Waals surface area contributed by atoms with Gasteiger partial charge in [0.25, 0.3) is 0 Å². The molecule has 2 heterocycles. The second kappa shape index (κ2) is 8.68. The Morgan fingerprint density at radius 3 is 2.88 bits per heavy atom. The van der Waals surface area contributed by atoms with Crippen LogP contribution in [0.2, 0.25) is 0 Å². The first-order valence-corrected chi connectivity index (χ1v) is 8.98. The van der Waals surface area contributed by atoms with Crippen LogP contribution in [0.15, 0.2) is 47.5 Å². The molecule has 26 heavy (non-hydrogen) atoms. The highest BCUT2D eigenvalue weighted by Crippen LogP contribution is 2.36. The largest absolute Gasteiger partial charge is 0.475 e. The number of fused-ring (bicyclic) bond motifs is 1. The summed E-state index contributed by atoms with van der Waals surface area (Å²) in [7, 11) is 1.60. The van der Waals surface area contributed by atoms with Crippen LogP contribution in [0.5, 0.6) is 5.88 Å². The molecule has 2 aromatic rings. The summed E-state index contributed by atoms with van der Waals surface area (Å²) in [5.74, 6) is 0.0506. The SMILES string of the molecule is COCCOc1ccc(NC(=O)CC2Sc3ccccc3NC2=O)cn1. The van der Waals surface area contributed by atoms with Crippen molar-refractivity contribution in [3.63, 3.8) is 0 Å². The smallest absolute Gasteiger partial charge is 0.238 e. The Morgan fingerprint density at radius 2 is 2.12 bits per heavy atom. The minimum atomic E-state index is -0.463. The maximum Gasteiger partial charge on any atom is 0.238 e. The summed E-state index contributed by atoms with van der Waals surface area (Å²) in [4.78, 5) is 29.5. The van der Waals surface area contributed by atoms with E-state index < -0.39 is 5.25 Å². The summed E-state index contributed by atoms with van der Waals surface area (Å²) in [6.07, 6.45) is 1.60. The van der Waals surface area contributed by atoms with Crippen molar-refractivity contribution in [1.82, 2.24) is 4.98 Å². The number of amides is 2. The number of carbonyl (C=O) groups is 2. The third kappa shape index (κ3) is 4.74. The van der Waals surface area contributed by atoms with E-state index in [-0.39, 0.29) is 18.2 Å². The predicted molar refractivity (Wildman–Crippen MR) is 99.6 cm³/mol. The molecule has 0 bridgehead atoms. The summed E-state index contributed by atoms with van der Waals surface area (Å²) >= 11 is 1.40. The lowest BCUT2D eigenvalue weighted by atomic mass is 10.2. The fraction of sp³-hybridized carbons (Fsp3) is 0.278. The second-order valence-corrected chi connectivity index (χ2v) is 6.82. The summed E-state index contributed by atoms with van der Waals surface area (Å²) in [5.41, 5.74) is 1.34. The third-order valence-electron chi connectivity index (χ3n) is 3.63. The summed E-state index contributed by atoms with van der Waals surface area (Å²) in [6, 6.07) is 10.9. The van der Waals surface area contributed by atoms with Crippen LogP contribution in [0, 0.1) is 0 Å². The monoisotopic (exact) mass is 373 g/mol. The van der Waals surface area contributed by atoms with E-state index in [1.54, 1.807) is 19.2 Å². The quantitative estimate of drug-likeness (QED) is 0.725. The Balaban J connectivity index is 1.53. The number of benzene rings is 1. The van der Waals surface area contributed by atoms with Crippen LogP contribution in [0.3, 0.4) is 0 Å². The molecule has 3 rings (SSSR count). The first kappa shape index (κ1) is 18.2. The van der Waals surface area contributed by atoms with Crippen LogP contribution >= 0.6 is 11.8 Å². The summed E-state index contributed by atoms with van der Waals surface area (Å²) < 4.78 is 10.3. The van der Waals surface area contributed by atoms with Gasteiger partial charge in [-0.3, -0.25) is 9.59 Å². The Hall–Kier alpha value is -2.58. The van der Waals surface area contributed by atoms with E-state index in [2.05, 4.69) is 15.6 Å². The van der Waals surface area contributed by atoms with Crippen molar-refractivity contribution in [2.24, 2.45) is 0 Å². The van der Waals surface area contributed by atoms with Gasteiger partial charge >= 0.3 is 0 Å². The molecule has 0 spiro atoms. The van der Waals surface area contributed by atoms with E-state index in [0.717, 1.165) is 10.6 Å². The Bertz CT molecular complexity index is 782. The molecule has 1 unspecified atom stereocenters. The molecule has 1 aliphatic heterocycles. The number of rotatable bonds is 7. The summed E-state index contributed by atoms with van der Waals surface area (Å²) in [5, 5.41) is 5.12. The highest BCUT2D eigenvalue weighted by atomic mass is 32.2. The number of methoxy groups -OCH3 is 1. The van der Waals surface area contributed by atoms with E-state index in [4.69, 9.17) is 9.47 Å². The average Bonchev–Trinajstić information content (AvgIpc) is 2.64. The zero-order valence-corrected chi connectivity index (χ0v) is 15.0. The Kier molecular flexibility index (Phi) is 6.08. The average molecular weight is 373 g/mol. The number of nitrogens with zero attached hydrogens (tertiary/aromatic N) is 1. The van der Waals surface area contributed by atoms with E-state index in [0.29, 0.717) is 24.8 Å². The second-order valence-electron chi connectivity index (χ2n) is 5.57. The molecule has 1 aromatic carbocycles. The lowest BCUT2D eigenvalue weighted by Crippen LogP contribution is -2.32. The van der Waals surface area contributed by atoms with Crippen molar-refractivity contribution < 1.29 is 19.1 Å². The molecule has 1 aromatic heterocycles. The first-order valence-electron chi connectivity index (χ1n) is 8.10. The molecule has 1 aliphatic rings. The van der Waals surface area contributed by atoms with Crippen molar-refractivity contribution in [2.75, 3.05) is 31.0 Å². The molecule has 0 radical (unpaired) electrons. The Labute approximate surface area is 155 Å². The van der Waals surface area contributed by atoms with Crippen LogP contribution in [-0.2, 0) is 14.3 Å². The molecule has 2 N–H and O–H groups in total. The van der Waals surface area contributed by atoms with Gasteiger partial charge in [-0.05, 0) is 18.2 Å². The number of anilines is 2. The normalized spacial score (nSPS) is 15.7. The standard InChI is InChI=1S/C18H19N3O4S/c1-24-8-9-25-17-7-6-12(11-19-17)20-16(22)10-15-18(23)21-13-4-2-3-5-14(13)26-15/h2-7,11,15H,8-10H2,1H3,(H,20,22)(H,21,23). The summed E-state index contributed by atoms with van der Waals surface area (Å²) in [6.45, 7) is 0.884. The molecule has 7 nitrogen and oxygen atoms in total. The molecule has 1 atom stereocenters. The number of ether oxygens (including phenoxy) is 2. The minimum absolute atomic E-state index is 0.0803. The van der Waals surface area contributed by atoms with Crippen LogP contribution in [-0.4, -0.2) is 42.4 Å². The third-order valence-corrected chi connectivity index (χ3v) is 4.91. The minimum Gasteiger partial charge on any atom is -0.475 e. The zero-order valence-electron chi connectivity index (χ0n) is 14.2. The van der Waals surface area contributed by atoms with Gasteiger partial charge in [-0.15, -0.1) is 11.8 Å². The lowest BCUT2D eigenvalue weighted by molar-refractivity contribution is -0.120. The number of thioether (sulfide) groups is 1. The maximum atomic E-state index is 12.3. The topological polar surface area (TPSA) is 89.5 Å². The fourth-order valence-electron chi connectivity index (χ4n) is 2.38. The molecule has 0 saturated heterocycles. The van der Waals surface area contributed by atoms with Gasteiger partial charge in [0.2, 0.25) is 17.7 Å². The highest BCUT2D eigenvalue weighted by Gasteiger charge is 2.28. The fourth-order valence-corrected chi connectivity index (χ4v) is 3.49. The highest BCUT2D eigenvalue weighted by molar-refractivity contribution is 8.01. The molecular weight excluding hydrogens is 354 g/mol. The molecule has 136 valence electrons. The van der Waals surface area contributed by atoms with Crippen LogP contribution in [0.25, 0.3) is 0 Å². The molecule has 0 aliphatic carbocycles. The molecule has 0 fully saturated rings. The zero-order chi connectivity index (χ0) is 18.4. The van der Waals surface area contributed by atoms with Crippen molar-refractivity contribution in [3.05, 3.63) is 42.6 Å². The number of para-hydroxylation sites is 1. The van der Waals surface area contributed by atoms with E-state index in [9.17, 15) is 9.59 Å². The number of carbonyl (C=O) groups excluding carboxylic acids is 2. The van der Waals surface area contributed by atoms with Gasteiger partial charge in [0, 0.05) is 24.5 Å². The van der Waals surface area contributed by atoms with Crippen molar-refractivity contribution in [2.45, 2.75) is 16.6 Å². The van der Waals surface area contributed by atoms with Crippen LogP contribution in [0.4, 0.5) is 11.4 Å². The number of aromatic nitrogens is 1. The molecule has 2 amide bonds. The van der Waals surface area contributed by atoms with Gasteiger partial charge in [0.05, 0.1) is 29.4 Å². The Morgan fingerprint density at radius 1 is 1.27 bits per heavy atom. The van der Waals surface area contributed by atoms with Crippen molar-refractivity contribution in [3.8, 4) is 5.88 Å². The number of nitrogens with one attached hydrogen (secondary N) is 2. The molecular formula is C18H19N3O4S. The molecule has 8 heteroatoms. The number of pyridine rings is 1. The van der Waals surface area contributed by atoms with Gasteiger partial charge in [-0.2, -0.15) is 0 Å². The van der Waals surface area contributed by atoms with Crippen molar-refractivity contribution >= 4 is 35.0 Å². The van der Waals surface area contributed by atoms with E-state index in [1.807, 2.05) is 24.3 Å². The number of hydrogen-bond acceptors (Lipinski definition) is 6. The molecule has 0 saturated carbocycles. The van der Waals surface area contributed by atoms with E-state index >= 15 is 0 Å².